The van der Waals surface area contributed by atoms with E-state index in [0.717, 1.165) is 0 Å². The van der Waals surface area contributed by atoms with Crippen LogP contribution in [0.25, 0.3) is 0 Å². The summed E-state index contributed by atoms with van der Waals surface area (Å²) >= 11 is 0. The molecule has 4 nitrogen and oxygen atoms in total. The second-order valence-electron chi connectivity index (χ2n) is 3.41. The van der Waals surface area contributed by atoms with Crippen LogP contribution in [0.4, 0.5) is 31.1 Å². The van der Waals surface area contributed by atoms with E-state index in [9.17, 15) is 31.1 Å². The molecule has 0 aromatic carbocycles. The smallest absolute Gasteiger partial charge is 0.423 e. The fourth-order valence-electron chi connectivity index (χ4n) is 1.21. The van der Waals surface area contributed by atoms with Gasteiger partial charge in [-0.1, -0.05) is 0 Å². The number of hydrogen-bond acceptors (Lipinski definition) is 2. The van der Waals surface area contributed by atoms with Crippen molar-refractivity contribution >= 4 is 6.09 Å². The van der Waals surface area contributed by atoms with Crippen molar-refractivity contribution in [2.45, 2.75) is 24.6 Å². The van der Waals surface area contributed by atoms with E-state index >= 15 is 0 Å². The van der Waals surface area contributed by atoms with E-state index in [1.807, 2.05) is 0 Å². The topological polar surface area (TPSA) is 49.8 Å². The Bertz CT molecular complexity index is 281. The van der Waals surface area contributed by atoms with Gasteiger partial charge in [0.2, 0.25) is 6.10 Å². The van der Waals surface area contributed by atoms with Crippen LogP contribution in [-0.4, -0.2) is 53.7 Å². The van der Waals surface area contributed by atoms with Gasteiger partial charge in [0.15, 0.2) is 0 Å². The first-order chi connectivity index (χ1) is 7.51. The Morgan fingerprint density at radius 3 is 1.88 bits per heavy atom. The molecule has 1 rings (SSSR count). The summed E-state index contributed by atoms with van der Waals surface area (Å²) in [5, 5.41) is 8.33. The molecule has 100 valence electrons. The number of carboxylic acid groups (broad SMARTS) is 1. The molecule has 0 bridgehead atoms. The Labute approximate surface area is 90.7 Å². The van der Waals surface area contributed by atoms with Crippen LogP contribution in [0.3, 0.4) is 0 Å². The van der Waals surface area contributed by atoms with Gasteiger partial charge in [-0.2, -0.15) is 26.3 Å². The Kier molecular flexibility index (Phi) is 3.46. The van der Waals surface area contributed by atoms with Crippen molar-refractivity contribution in [2.24, 2.45) is 0 Å². The summed E-state index contributed by atoms with van der Waals surface area (Å²) in [6, 6.07) is 0. The molecule has 1 aliphatic rings. The van der Waals surface area contributed by atoms with Crippen molar-refractivity contribution < 1.29 is 41.0 Å². The predicted octanol–water partition coefficient (Wildman–Crippen LogP) is 1.86. The molecule has 1 fully saturated rings. The van der Waals surface area contributed by atoms with Crippen LogP contribution in [0.5, 0.6) is 0 Å². The molecular weight excluding hydrogens is 260 g/mol. The summed E-state index contributed by atoms with van der Waals surface area (Å²) < 4.78 is 75.9. The highest BCUT2D eigenvalue weighted by Crippen LogP contribution is 2.37. The summed E-state index contributed by atoms with van der Waals surface area (Å²) in [6.45, 7) is -1.00. The van der Waals surface area contributed by atoms with Crippen LogP contribution in [0, 0.1) is 0 Å². The van der Waals surface area contributed by atoms with E-state index in [2.05, 4.69) is 4.74 Å². The molecule has 0 aromatic heterocycles. The highest BCUT2D eigenvalue weighted by molar-refractivity contribution is 5.66. The fourth-order valence-corrected chi connectivity index (χ4v) is 1.21. The Morgan fingerprint density at radius 2 is 1.59 bits per heavy atom. The van der Waals surface area contributed by atoms with Gasteiger partial charge in [0.1, 0.15) is 0 Å². The minimum atomic E-state index is -5.57. The first-order valence-electron chi connectivity index (χ1n) is 4.28. The molecule has 1 heterocycles. The summed E-state index contributed by atoms with van der Waals surface area (Å²) in [7, 11) is 0. The summed E-state index contributed by atoms with van der Waals surface area (Å²) in [5.41, 5.74) is 0. The lowest BCUT2D eigenvalue weighted by atomic mass is 10.2. The Balaban J connectivity index is 2.56. The molecule has 1 amide bonds. The van der Waals surface area contributed by atoms with Gasteiger partial charge in [-0.25, -0.2) is 4.79 Å². The van der Waals surface area contributed by atoms with Gasteiger partial charge in [-0.3, -0.25) is 0 Å². The molecule has 0 aromatic rings. The standard InChI is InChI=1S/C7H7F6NO3/c8-6(9,10)4(7(11,12)13)17-3-1-14(2-3)5(15)16/h3-4H,1-2H2,(H,15,16). The van der Waals surface area contributed by atoms with Crippen LogP contribution in [-0.2, 0) is 4.74 Å². The quantitative estimate of drug-likeness (QED) is 0.777. The van der Waals surface area contributed by atoms with Gasteiger partial charge in [0.05, 0.1) is 19.2 Å². The van der Waals surface area contributed by atoms with Gasteiger partial charge >= 0.3 is 18.4 Å². The van der Waals surface area contributed by atoms with Gasteiger partial charge in [-0.05, 0) is 0 Å². The zero-order valence-electron chi connectivity index (χ0n) is 8.05. The normalized spacial score (nSPS) is 18.4. The first kappa shape index (κ1) is 13.9. The number of ether oxygens (including phenoxy) is 1. The van der Waals surface area contributed by atoms with Gasteiger partial charge in [0, 0.05) is 0 Å². The lowest BCUT2D eigenvalue weighted by Gasteiger charge is -2.39. The molecule has 0 aliphatic carbocycles. The third-order valence-electron chi connectivity index (χ3n) is 2.04. The zero-order valence-corrected chi connectivity index (χ0v) is 8.05. The van der Waals surface area contributed by atoms with Crippen molar-refractivity contribution in [2.75, 3.05) is 13.1 Å². The molecule has 1 N–H and O–H groups in total. The molecule has 17 heavy (non-hydrogen) atoms. The summed E-state index contributed by atoms with van der Waals surface area (Å²) in [5.74, 6) is 0. The lowest BCUT2D eigenvalue weighted by Crippen LogP contribution is -2.58. The van der Waals surface area contributed by atoms with Crippen LogP contribution in [0.15, 0.2) is 0 Å². The molecule has 0 spiro atoms. The van der Waals surface area contributed by atoms with Gasteiger partial charge in [-0.15, -0.1) is 0 Å². The largest absolute Gasteiger partial charge is 0.465 e. The third kappa shape index (κ3) is 3.38. The summed E-state index contributed by atoms with van der Waals surface area (Å²) in [6.07, 6.45) is -17.8. The number of hydrogen-bond donors (Lipinski definition) is 1. The molecular formula is C7H7F6NO3. The zero-order chi connectivity index (χ0) is 13.4. The second-order valence-corrected chi connectivity index (χ2v) is 3.41. The average Bonchev–Trinajstić information content (AvgIpc) is 1.94. The second kappa shape index (κ2) is 4.24. The molecule has 1 saturated heterocycles. The fraction of sp³-hybridized carbons (Fsp3) is 0.857. The van der Waals surface area contributed by atoms with Crippen molar-refractivity contribution in [1.82, 2.24) is 4.90 Å². The number of alkyl halides is 6. The van der Waals surface area contributed by atoms with Crippen molar-refractivity contribution in [3.8, 4) is 0 Å². The number of carbonyl (C=O) groups is 1. The molecule has 10 heteroatoms. The number of rotatable bonds is 2. The van der Waals surface area contributed by atoms with Gasteiger partial charge in [0.25, 0.3) is 0 Å². The van der Waals surface area contributed by atoms with E-state index < -0.39 is 43.7 Å². The predicted molar refractivity (Wildman–Crippen MR) is 40.4 cm³/mol. The molecule has 0 radical (unpaired) electrons. The third-order valence-corrected chi connectivity index (χ3v) is 2.04. The van der Waals surface area contributed by atoms with Crippen LogP contribution in [0.2, 0.25) is 0 Å². The van der Waals surface area contributed by atoms with Crippen molar-refractivity contribution in [1.29, 1.82) is 0 Å². The maximum atomic E-state index is 12.0. The van der Waals surface area contributed by atoms with Crippen LogP contribution in [0.1, 0.15) is 0 Å². The molecule has 0 unspecified atom stereocenters. The highest BCUT2D eigenvalue weighted by Gasteiger charge is 2.59. The van der Waals surface area contributed by atoms with Gasteiger partial charge < -0.3 is 14.7 Å². The maximum absolute atomic E-state index is 12.0. The monoisotopic (exact) mass is 267 g/mol. The SMILES string of the molecule is O=C(O)N1CC(OC(C(F)(F)F)C(F)(F)F)C1. The van der Waals surface area contributed by atoms with E-state index in [0.29, 0.717) is 4.90 Å². The van der Waals surface area contributed by atoms with E-state index in [1.54, 1.807) is 0 Å². The van der Waals surface area contributed by atoms with Crippen LogP contribution < -0.4 is 0 Å². The maximum Gasteiger partial charge on any atom is 0.423 e. The molecule has 0 saturated carbocycles. The number of nitrogens with zero attached hydrogens (tertiary/aromatic N) is 1. The Hall–Kier alpha value is -1.19. The van der Waals surface area contributed by atoms with E-state index in [-0.39, 0.29) is 0 Å². The first-order valence-corrected chi connectivity index (χ1v) is 4.28. The van der Waals surface area contributed by atoms with E-state index in [1.165, 1.54) is 0 Å². The number of halogens is 6. The number of amides is 1. The van der Waals surface area contributed by atoms with Crippen molar-refractivity contribution in [3.63, 3.8) is 0 Å². The summed E-state index contributed by atoms with van der Waals surface area (Å²) in [4.78, 5) is 10.9. The molecule has 0 atom stereocenters. The van der Waals surface area contributed by atoms with Crippen molar-refractivity contribution in [3.05, 3.63) is 0 Å². The van der Waals surface area contributed by atoms with Crippen LogP contribution >= 0.6 is 0 Å². The minimum absolute atomic E-state index is 0.502. The minimum Gasteiger partial charge on any atom is -0.465 e. The molecule has 1 aliphatic heterocycles. The number of likely N-dealkylation sites (tertiary alicyclic amines) is 1. The average molecular weight is 267 g/mol. The Morgan fingerprint density at radius 1 is 1.18 bits per heavy atom. The lowest BCUT2D eigenvalue weighted by molar-refractivity contribution is -0.336. The highest BCUT2D eigenvalue weighted by atomic mass is 19.4. The van der Waals surface area contributed by atoms with E-state index in [4.69, 9.17) is 5.11 Å².